The number of aromatic nitrogens is 5. The van der Waals surface area contributed by atoms with Crippen molar-refractivity contribution in [2.75, 3.05) is 11.9 Å². The highest BCUT2D eigenvalue weighted by atomic mass is 16.5. The number of hydrogen-bond donors (Lipinski definition) is 4. The van der Waals surface area contributed by atoms with Crippen LogP contribution >= 0.6 is 0 Å². The fourth-order valence-electron chi connectivity index (χ4n) is 4.21. The Balaban J connectivity index is 1.30. The molecule has 0 saturated carbocycles. The van der Waals surface area contributed by atoms with Crippen molar-refractivity contribution in [1.82, 2.24) is 29.8 Å². The number of aryl methyl sites for hydroxylation is 2. The molecular formula is C28H26N8O4. The molecule has 0 aliphatic heterocycles. The van der Waals surface area contributed by atoms with Gasteiger partial charge in [-0.15, -0.1) is 0 Å². The fourth-order valence-corrected chi connectivity index (χ4v) is 4.21. The van der Waals surface area contributed by atoms with Crippen LogP contribution in [-0.4, -0.2) is 48.8 Å². The van der Waals surface area contributed by atoms with Crippen molar-refractivity contribution in [3.05, 3.63) is 95.3 Å². The number of benzene rings is 2. The molecule has 0 aliphatic rings. The molecule has 0 aliphatic carbocycles. The highest BCUT2D eigenvalue weighted by molar-refractivity contribution is 6.10. The van der Waals surface area contributed by atoms with Gasteiger partial charge >= 0.3 is 0 Å². The van der Waals surface area contributed by atoms with Crippen LogP contribution in [0.1, 0.15) is 37.7 Å². The summed E-state index contributed by atoms with van der Waals surface area (Å²) in [5.41, 5.74) is 10.0. The number of anilines is 1. The van der Waals surface area contributed by atoms with Crippen molar-refractivity contribution in [2.24, 2.45) is 5.73 Å². The number of nitrogens with two attached hydrogens (primary N) is 1. The van der Waals surface area contributed by atoms with E-state index in [0.29, 0.717) is 29.0 Å². The van der Waals surface area contributed by atoms with Crippen molar-refractivity contribution in [3.8, 4) is 11.4 Å². The number of carbonyl (C=O) groups excluding carboxylic acids is 3. The zero-order valence-electron chi connectivity index (χ0n) is 21.8. The predicted molar refractivity (Wildman–Crippen MR) is 147 cm³/mol. The smallest absolute Gasteiger partial charge is 0.277 e. The maximum absolute atomic E-state index is 13.3. The number of pyridine rings is 1. The van der Waals surface area contributed by atoms with Crippen LogP contribution in [0.15, 0.2) is 67.3 Å². The van der Waals surface area contributed by atoms with E-state index in [9.17, 15) is 14.4 Å². The highest BCUT2D eigenvalue weighted by Crippen LogP contribution is 2.23. The number of carbonyl (C=O) groups is 3. The maximum atomic E-state index is 13.3. The Morgan fingerprint density at radius 1 is 1.05 bits per heavy atom. The number of aromatic amines is 1. The average molecular weight is 539 g/mol. The average Bonchev–Trinajstić information content (AvgIpc) is 3.55. The Kier molecular flexibility index (Phi) is 7.22. The second-order valence-corrected chi connectivity index (χ2v) is 9.11. The van der Waals surface area contributed by atoms with Crippen LogP contribution in [0.3, 0.4) is 0 Å². The number of rotatable bonds is 9. The number of fused-ring (bicyclic) bond motifs is 1. The van der Waals surface area contributed by atoms with Gasteiger partial charge in [0, 0.05) is 25.0 Å². The highest BCUT2D eigenvalue weighted by Gasteiger charge is 2.25. The van der Waals surface area contributed by atoms with Crippen LogP contribution in [0.25, 0.3) is 16.7 Å². The van der Waals surface area contributed by atoms with Gasteiger partial charge in [-0.25, -0.2) is 9.97 Å². The summed E-state index contributed by atoms with van der Waals surface area (Å²) in [5.74, 6) is -1.13. The zero-order valence-corrected chi connectivity index (χ0v) is 21.8. The van der Waals surface area contributed by atoms with Crippen LogP contribution in [0.2, 0.25) is 0 Å². The Hall–Kier alpha value is -5.52. The molecule has 3 aromatic heterocycles. The van der Waals surface area contributed by atoms with Crippen LogP contribution < -0.4 is 21.1 Å². The molecule has 12 heteroatoms. The Morgan fingerprint density at radius 3 is 2.60 bits per heavy atom. The molecule has 12 nitrogen and oxygen atoms in total. The number of hydrogen-bond acceptors (Lipinski definition) is 7. The van der Waals surface area contributed by atoms with E-state index in [-0.39, 0.29) is 29.9 Å². The summed E-state index contributed by atoms with van der Waals surface area (Å²) in [6.07, 6.45) is 4.71. The van der Waals surface area contributed by atoms with Gasteiger partial charge in [-0.2, -0.15) is 0 Å². The van der Waals surface area contributed by atoms with Crippen LogP contribution in [-0.2, 0) is 11.3 Å². The molecule has 0 fully saturated rings. The summed E-state index contributed by atoms with van der Waals surface area (Å²) >= 11 is 0. The minimum Gasteiger partial charge on any atom is -0.484 e. The summed E-state index contributed by atoms with van der Waals surface area (Å²) in [7, 11) is 0. The standard InChI is InChI=1S/C28H26N8O4/c1-16-3-6-22(17(2)11-16)36-15-32-24(26(29)38)25(36)27(39)35-28-33-20-5-4-19(12-21(20)34-28)40-14-23(37)31-13-18-7-9-30-10-8-18/h3-12,15H,13-14H2,1-2H3,(H2,29,38)(H,31,37)(H2,33,34,35,39). The number of nitrogens with zero attached hydrogens (tertiary/aromatic N) is 4. The zero-order chi connectivity index (χ0) is 28.2. The van der Waals surface area contributed by atoms with Gasteiger partial charge in [0.25, 0.3) is 17.7 Å². The molecule has 0 unspecified atom stereocenters. The van der Waals surface area contributed by atoms with Gasteiger partial charge in [-0.3, -0.25) is 29.3 Å². The SMILES string of the molecule is Cc1ccc(-n2cnc(C(N)=O)c2C(=O)Nc2nc3ccc(OCC(=O)NCc4ccncc4)cc3[nH]2)c(C)c1. The van der Waals surface area contributed by atoms with E-state index >= 15 is 0 Å². The number of imidazole rings is 2. The Morgan fingerprint density at radius 2 is 1.85 bits per heavy atom. The quantitative estimate of drug-likeness (QED) is 0.224. The summed E-state index contributed by atoms with van der Waals surface area (Å²) in [6, 6.07) is 14.4. The van der Waals surface area contributed by atoms with Gasteiger partial charge in [-0.05, 0) is 55.3 Å². The second-order valence-electron chi connectivity index (χ2n) is 9.11. The van der Waals surface area contributed by atoms with Gasteiger partial charge in [0.15, 0.2) is 12.3 Å². The van der Waals surface area contributed by atoms with Crippen molar-refractivity contribution in [2.45, 2.75) is 20.4 Å². The lowest BCUT2D eigenvalue weighted by atomic mass is 10.1. The minimum atomic E-state index is -0.829. The molecule has 5 N–H and O–H groups in total. The first-order valence-corrected chi connectivity index (χ1v) is 12.3. The van der Waals surface area contributed by atoms with E-state index in [1.165, 1.54) is 10.9 Å². The molecule has 0 radical (unpaired) electrons. The number of ether oxygens (including phenoxy) is 1. The van der Waals surface area contributed by atoms with Crippen LogP contribution in [0.5, 0.6) is 5.75 Å². The molecule has 202 valence electrons. The number of primary amides is 1. The molecule has 5 aromatic rings. The molecule has 0 saturated heterocycles. The molecule has 5 rings (SSSR count). The molecule has 40 heavy (non-hydrogen) atoms. The molecule has 3 heterocycles. The first-order chi connectivity index (χ1) is 19.3. The van der Waals surface area contributed by atoms with E-state index < -0.39 is 11.8 Å². The van der Waals surface area contributed by atoms with E-state index in [2.05, 4.69) is 30.6 Å². The Bertz CT molecular complexity index is 1730. The lowest BCUT2D eigenvalue weighted by Gasteiger charge is -2.12. The fraction of sp³-hybridized carbons (Fsp3) is 0.143. The van der Waals surface area contributed by atoms with Crippen molar-refractivity contribution < 1.29 is 19.1 Å². The minimum absolute atomic E-state index is 0.0123. The summed E-state index contributed by atoms with van der Waals surface area (Å²) in [5, 5.41) is 5.47. The van der Waals surface area contributed by atoms with Gasteiger partial charge in [-0.1, -0.05) is 17.7 Å². The van der Waals surface area contributed by atoms with Gasteiger partial charge < -0.3 is 20.8 Å². The lowest BCUT2D eigenvalue weighted by Crippen LogP contribution is -2.28. The number of H-pyrrole nitrogens is 1. The third-order valence-electron chi connectivity index (χ3n) is 6.12. The van der Waals surface area contributed by atoms with Crippen molar-refractivity contribution >= 4 is 34.7 Å². The monoisotopic (exact) mass is 538 g/mol. The predicted octanol–water partition coefficient (Wildman–Crippen LogP) is 2.81. The molecule has 0 bridgehead atoms. The third kappa shape index (κ3) is 5.65. The van der Waals surface area contributed by atoms with E-state index in [4.69, 9.17) is 10.5 Å². The van der Waals surface area contributed by atoms with Crippen LogP contribution in [0, 0.1) is 13.8 Å². The normalized spacial score (nSPS) is 10.8. The first kappa shape index (κ1) is 26.1. The first-order valence-electron chi connectivity index (χ1n) is 12.3. The van der Waals surface area contributed by atoms with Gasteiger partial charge in [0.1, 0.15) is 17.8 Å². The molecule has 3 amide bonds. The van der Waals surface area contributed by atoms with Crippen molar-refractivity contribution in [3.63, 3.8) is 0 Å². The molecule has 0 spiro atoms. The Labute approximate surface area is 228 Å². The summed E-state index contributed by atoms with van der Waals surface area (Å²) in [4.78, 5) is 53.0. The topological polar surface area (TPSA) is 170 Å². The van der Waals surface area contributed by atoms with Gasteiger partial charge in [0.2, 0.25) is 5.95 Å². The molecule has 0 atom stereocenters. The van der Waals surface area contributed by atoms with E-state index in [1.807, 2.05) is 44.2 Å². The van der Waals surface area contributed by atoms with E-state index in [0.717, 1.165) is 16.7 Å². The number of amides is 3. The van der Waals surface area contributed by atoms with Gasteiger partial charge in [0.05, 0.1) is 16.7 Å². The largest absolute Gasteiger partial charge is 0.484 e. The molecule has 2 aromatic carbocycles. The number of nitrogens with one attached hydrogen (secondary N) is 3. The molecular weight excluding hydrogens is 512 g/mol. The maximum Gasteiger partial charge on any atom is 0.277 e. The third-order valence-corrected chi connectivity index (χ3v) is 6.12. The van der Waals surface area contributed by atoms with Crippen LogP contribution in [0.4, 0.5) is 5.95 Å². The summed E-state index contributed by atoms with van der Waals surface area (Å²) in [6.45, 7) is 4.06. The second kappa shape index (κ2) is 11.1. The summed E-state index contributed by atoms with van der Waals surface area (Å²) < 4.78 is 7.14. The van der Waals surface area contributed by atoms with Crippen molar-refractivity contribution in [1.29, 1.82) is 0 Å². The lowest BCUT2D eigenvalue weighted by molar-refractivity contribution is -0.123. The van der Waals surface area contributed by atoms with E-state index in [1.54, 1.807) is 30.6 Å².